The Hall–Kier alpha value is -3.26. The van der Waals surface area contributed by atoms with Crippen LogP contribution in [0.2, 0.25) is 0 Å². The molecule has 2 aromatic heterocycles. The first-order valence-corrected chi connectivity index (χ1v) is 12.4. The number of amides is 1. The van der Waals surface area contributed by atoms with Gasteiger partial charge < -0.3 is 24.8 Å². The number of nitrogens with one attached hydrogen (secondary N) is 1. The van der Waals surface area contributed by atoms with Gasteiger partial charge in [0.2, 0.25) is 5.91 Å². The summed E-state index contributed by atoms with van der Waals surface area (Å²) in [6.07, 6.45) is 9.77. The third-order valence-corrected chi connectivity index (χ3v) is 6.39. The summed E-state index contributed by atoms with van der Waals surface area (Å²) in [4.78, 5) is 13.5. The van der Waals surface area contributed by atoms with Gasteiger partial charge in [0.1, 0.15) is 17.5 Å². The molecule has 2 heterocycles. The molecule has 1 atom stereocenters. The molecule has 0 aliphatic heterocycles. The molecule has 3 aromatic rings. The Kier molecular flexibility index (Phi) is 7.50. The van der Waals surface area contributed by atoms with Crippen molar-refractivity contribution in [3.8, 4) is 17.4 Å². The number of benzene rings is 1. The number of carbonyl (C=O) groups is 1. The standard InChI is InChI=1S/C27H36N4O4/c1-19-8-7-11-21(14-19)35-22-16-25(32)31(17-22)23(15-20-9-5-4-6-10-20)26(33)28-24-12-13-30(29-24)18-27(2,3)34/h7-8,11-14,16-17,20,23,32,34H,4-6,9-10,15,18H2,1-3H3,(H,28,29,33)/t23-/m0/s1. The van der Waals surface area contributed by atoms with Gasteiger partial charge in [-0.05, 0) is 50.8 Å². The molecule has 1 fully saturated rings. The number of aromatic nitrogens is 3. The fourth-order valence-electron chi connectivity index (χ4n) is 4.77. The number of aliphatic hydroxyl groups is 1. The third kappa shape index (κ3) is 6.88. The van der Waals surface area contributed by atoms with Gasteiger partial charge in [-0.2, -0.15) is 5.10 Å². The molecule has 1 amide bonds. The average Bonchev–Trinajstić information content (AvgIpc) is 3.37. The second-order valence-corrected chi connectivity index (χ2v) is 10.3. The maximum atomic E-state index is 13.5. The van der Waals surface area contributed by atoms with Crippen LogP contribution in [-0.2, 0) is 11.3 Å². The Bertz CT molecular complexity index is 1140. The minimum Gasteiger partial charge on any atom is -0.494 e. The molecule has 0 spiro atoms. The van der Waals surface area contributed by atoms with E-state index in [2.05, 4.69) is 10.4 Å². The zero-order valence-electron chi connectivity index (χ0n) is 20.8. The summed E-state index contributed by atoms with van der Waals surface area (Å²) < 4.78 is 9.16. The van der Waals surface area contributed by atoms with E-state index in [9.17, 15) is 15.0 Å². The fourth-order valence-corrected chi connectivity index (χ4v) is 4.77. The van der Waals surface area contributed by atoms with Crippen LogP contribution >= 0.6 is 0 Å². The van der Waals surface area contributed by atoms with Crippen molar-refractivity contribution < 1.29 is 19.7 Å². The molecule has 35 heavy (non-hydrogen) atoms. The first-order valence-electron chi connectivity index (χ1n) is 12.4. The molecule has 0 saturated heterocycles. The molecule has 0 unspecified atom stereocenters. The molecule has 8 nitrogen and oxygen atoms in total. The second-order valence-electron chi connectivity index (χ2n) is 10.3. The summed E-state index contributed by atoms with van der Waals surface area (Å²) in [5, 5.41) is 28.1. The number of ether oxygens (including phenoxy) is 1. The SMILES string of the molecule is Cc1cccc(Oc2cc(O)n([C@@H](CC3CCCCC3)C(=O)Nc3ccn(CC(C)(C)O)n3)c2)c1. The van der Waals surface area contributed by atoms with Crippen molar-refractivity contribution in [1.82, 2.24) is 14.3 Å². The van der Waals surface area contributed by atoms with E-state index < -0.39 is 11.6 Å². The lowest BCUT2D eigenvalue weighted by Gasteiger charge is -2.27. The Labute approximate surface area is 206 Å². The van der Waals surface area contributed by atoms with E-state index in [0.29, 0.717) is 36.2 Å². The molecular formula is C27H36N4O4. The largest absolute Gasteiger partial charge is 0.494 e. The molecule has 1 aromatic carbocycles. The highest BCUT2D eigenvalue weighted by Crippen LogP contribution is 2.36. The van der Waals surface area contributed by atoms with Gasteiger partial charge in [0.05, 0.1) is 18.3 Å². The van der Waals surface area contributed by atoms with E-state index in [-0.39, 0.29) is 11.8 Å². The predicted octanol–water partition coefficient (Wildman–Crippen LogP) is 5.41. The van der Waals surface area contributed by atoms with Crippen molar-refractivity contribution in [2.75, 3.05) is 5.32 Å². The molecular weight excluding hydrogens is 444 g/mol. The van der Waals surface area contributed by atoms with Crippen LogP contribution in [0.1, 0.15) is 64.0 Å². The van der Waals surface area contributed by atoms with Crippen molar-refractivity contribution in [2.45, 2.75) is 77.5 Å². The maximum absolute atomic E-state index is 13.5. The average molecular weight is 481 g/mol. The highest BCUT2D eigenvalue weighted by molar-refractivity contribution is 5.93. The van der Waals surface area contributed by atoms with Gasteiger partial charge in [-0.25, -0.2) is 0 Å². The molecule has 0 radical (unpaired) electrons. The monoisotopic (exact) mass is 480 g/mol. The van der Waals surface area contributed by atoms with E-state index in [0.717, 1.165) is 18.4 Å². The van der Waals surface area contributed by atoms with E-state index in [1.54, 1.807) is 47.6 Å². The van der Waals surface area contributed by atoms with Gasteiger partial charge in [0, 0.05) is 18.3 Å². The highest BCUT2D eigenvalue weighted by atomic mass is 16.5. The van der Waals surface area contributed by atoms with E-state index in [4.69, 9.17) is 4.74 Å². The Morgan fingerprint density at radius 1 is 1.20 bits per heavy atom. The van der Waals surface area contributed by atoms with Crippen LogP contribution in [-0.4, -0.2) is 36.1 Å². The zero-order chi connectivity index (χ0) is 25.0. The van der Waals surface area contributed by atoms with Gasteiger partial charge in [-0.3, -0.25) is 9.48 Å². The van der Waals surface area contributed by atoms with Crippen molar-refractivity contribution in [2.24, 2.45) is 5.92 Å². The topological polar surface area (TPSA) is 102 Å². The van der Waals surface area contributed by atoms with Crippen molar-refractivity contribution in [3.05, 3.63) is 54.4 Å². The van der Waals surface area contributed by atoms with Gasteiger partial charge >= 0.3 is 0 Å². The summed E-state index contributed by atoms with van der Waals surface area (Å²) in [5.41, 5.74) is 0.159. The number of aromatic hydroxyl groups is 1. The Balaban J connectivity index is 1.54. The lowest BCUT2D eigenvalue weighted by Crippen LogP contribution is -2.29. The maximum Gasteiger partial charge on any atom is 0.248 e. The number of nitrogens with zero attached hydrogens (tertiary/aromatic N) is 3. The molecule has 1 aliphatic rings. The molecule has 8 heteroatoms. The Morgan fingerprint density at radius 3 is 2.69 bits per heavy atom. The van der Waals surface area contributed by atoms with Gasteiger partial charge in [0.15, 0.2) is 11.7 Å². The van der Waals surface area contributed by atoms with Crippen LogP contribution in [0.15, 0.2) is 48.8 Å². The smallest absolute Gasteiger partial charge is 0.248 e. The number of anilines is 1. The Morgan fingerprint density at radius 2 is 1.97 bits per heavy atom. The van der Waals surface area contributed by atoms with Gasteiger partial charge in [0.25, 0.3) is 0 Å². The third-order valence-electron chi connectivity index (χ3n) is 6.39. The summed E-state index contributed by atoms with van der Waals surface area (Å²) in [7, 11) is 0. The summed E-state index contributed by atoms with van der Waals surface area (Å²) >= 11 is 0. The molecule has 1 saturated carbocycles. The van der Waals surface area contributed by atoms with Crippen LogP contribution in [0.5, 0.6) is 17.4 Å². The minimum atomic E-state index is -0.915. The summed E-state index contributed by atoms with van der Waals surface area (Å²) in [6, 6.07) is 10.3. The number of hydrogen-bond donors (Lipinski definition) is 3. The predicted molar refractivity (Wildman–Crippen MR) is 135 cm³/mol. The summed E-state index contributed by atoms with van der Waals surface area (Å²) in [6.45, 7) is 5.71. The highest BCUT2D eigenvalue weighted by Gasteiger charge is 2.29. The zero-order valence-corrected chi connectivity index (χ0v) is 20.8. The number of rotatable bonds is 9. The fraction of sp³-hybridized carbons (Fsp3) is 0.481. The minimum absolute atomic E-state index is 0.0174. The number of aryl methyl sites for hydroxylation is 1. The number of hydrogen-bond acceptors (Lipinski definition) is 5. The molecule has 0 bridgehead atoms. The lowest BCUT2D eigenvalue weighted by molar-refractivity contribution is -0.120. The molecule has 188 valence electrons. The van der Waals surface area contributed by atoms with Crippen LogP contribution in [0.3, 0.4) is 0 Å². The van der Waals surface area contributed by atoms with Crippen molar-refractivity contribution >= 4 is 11.7 Å². The summed E-state index contributed by atoms with van der Waals surface area (Å²) in [5.74, 6) is 1.72. The van der Waals surface area contributed by atoms with Crippen LogP contribution in [0.25, 0.3) is 0 Å². The van der Waals surface area contributed by atoms with Crippen molar-refractivity contribution in [1.29, 1.82) is 0 Å². The van der Waals surface area contributed by atoms with Crippen molar-refractivity contribution in [3.63, 3.8) is 0 Å². The van der Waals surface area contributed by atoms with Crippen LogP contribution in [0.4, 0.5) is 5.82 Å². The number of carbonyl (C=O) groups excluding carboxylic acids is 1. The van der Waals surface area contributed by atoms with E-state index in [1.807, 2.05) is 31.2 Å². The van der Waals surface area contributed by atoms with Crippen LogP contribution in [0, 0.1) is 12.8 Å². The lowest BCUT2D eigenvalue weighted by atomic mass is 9.84. The normalized spacial score (nSPS) is 15.7. The molecule has 1 aliphatic carbocycles. The van der Waals surface area contributed by atoms with Gasteiger partial charge in [-0.1, -0.05) is 44.2 Å². The quantitative estimate of drug-likeness (QED) is 0.380. The molecule has 3 N–H and O–H groups in total. The first-order chi connectivity index (χ1) is 16.7. The first kappa shape index (κ1) is 24.9. The van der Waals surface area contributed by atoms with Crippen LogP contribution < -0.4 is 10.1 Å². The molecule has 4 rings (SSSR count). The second kappa shape index (κ2) is 10.6. The van der Waals surface area contributed by atoms with E-state index >= 15 is 0 Å². The van der Waals surface area contributed by atoms with Gasteiger partial charge in [-0.15, -0.1) is 0 Å². The van der Waals surface area contributed by atoms with E-state index in [1.165, 1.54) is 19.3 Å².